The fraction of sp³-hybridized carbons (Fsp3) is 0.174. The summed E-state index contributed by atoms with van der Waals surface area (Å²) < 4.78 is 2.36. The van der Waals surface area contributed by atoms with E-state index in [4.69, 9.17) is 0 Å². The van der Waals surface area contributed by atoms with Crippen molar-refractivity contribution in [1.29, 1.82) is 0 Å². The van der Waals surface area contributed by atoms with Crippen LogP contribution in [0.5, 0.6) is 0 Å². The molecule has 0 aliphatic heterocycles. The maximum absolute atomic E-state index is 13.2. The first-order chi connectivity index (χ1) is 14.9. The molecule has 0 saturated heterocycles. The maximum atomic E-state index is 13.2. The van der Waals surface area contributed by atoms with Crippen molar-refractivity contribution >= 4 is 22.6 Å². The number of hydrogen-bond donors (Lipinski definition) is 1. The van der Waals surface area contributed by atoms with Crippen molar-refractivity contribution in [2.45, 2.75) is 26.9 Å². The molecule has 156 valence electrons. The van der Waals surface area contributed by atoms with Crippen LogP contribution in [0.3, 0.4) is 0 Å². The van der Waals surface area contributed by atoms with Crippen LogP contribution in [0, 0.1) is 13.8 Å². The Morgan fingerprint density at radius 2 is 1.84 bits per heavy atom. The molecule has 8 nitrogen and oxygen atoms in total. The number of benzene rings is 1. The van der Waals surface area contributed by atoms with E-state index in [0.717, 1.165) is 15.7 Å². The lowest BCUT2D eigenvalue weighted by atomic mass is 10.1. The zero-order chi connectivity index (χ0) is 22.0. The number of carbonyl (C=O) groups excluding carboxylic acids is 1. The van der Waals surface area contributed by atoms with Crippen molar-refractivity contribution in [3.05, 3.63) is 98.6 Å². The van der Waals surface area contributed by atoms with Gasteiger partial charge < -0.3 is 5.32 Å². The van der Waals surface area contributed by atoms with Crippen LogP contribution in [0.15, 0.2) is 70.6 Å². The number of anilines is 1. The van der Waals surface area contributed by atoms with E-state index in [0.29, 0.717) is 16.8 Å². The summed E-state index contributed by atoms with van der Waals surface area (Å²) in [5.41, 5.74) is 2.67. The van der Waals surface area contributed by atoms with Crippen molar-refractivity contribution in [3.8, 4) is 0 Å². The Hall–Kier alpha value is -4.07. The van der Waals surface area contributed by atoms with Gasteiger partial charge in [-0.2, -0.15) is 0 Å². The highest BCUT2D eigenvalue weighted by molar-refractivity contribution is 5.92. The molecule has 0 saturated carbocycles. The zero-order valence-corrected chi connectivity index (χ0v) is 17.2. The molecule has 0 spiro atoms. The van der Waals surface area contributed by atoms with Crippen molar-refractivity contribution in [3.63, 3.8) is 0 Å². The van der Waals surface area contributed by atoms with Crippen molar-refractivity contribution in [1.82, 2.24) is 19.1 Å². The van der Waals surface area contributed by atoms with Gasteiger partial charge in [-0.1, -0.05) is 18.2 Å². The van der Waals surface area contributed by atoms with Crippen LogP contribution in [0.4, 0.5) is 5.69 Å². The summed E-state index contributed by atoms with van der Waals surface area (Å²) in [4.78, 5) is 47.1. The minimum atomic E-state index is -0.578. The zero-order valence-electron chi connectivity index (χ0n) is 17.2. The smallest absolute Gasteiger partial charge is 0.324 e. The average molecular weight is 415 g/mol. The van der Waals surface area contributed by atoms with Gasteiger partial charge in [0, 0.05) is 24.3 Å². The molecule has 0 atom stereocenters. The summed E-state index contributed by atoms with van der Waals surface area (Å²) in [5.74, 6) is -0.368. The molecule has 4 rings (SSSR count). The van der Waals surface area contributed by atoms with E-state index >= 15 is 0 Å². The fourth-order valence-corrected chi connectivity index (χ4v) is 3.41. The summed E-state index contributed by atoms with van der Waals surface area (Å²) in [5, 5.41) is 2.86. The van der Waals surface area contributed by atoms with Crippen LogP contribution in [0.1, 0.15) is 16.7 Å². The Balaban J connectivity index is 1.76. The number of nitrogens with zero attached hydrogens (tertiary/aromatic N) is 4. The van der Waals surface area contributed by atoms with Crippen LogP contribution < -0.4 is 16.6 Å². The Labute approximate surface area is 177 Å². The molecule has 8 heteroatoms. The third-order valence-corrected chi connectivity index (χ3v) is 5.02. The molecule has 1 aromatic carbocycles. The third-order valence-electron chi connectivity index (χ3n) is 5.02. The van der Waals surface area contributed by atoms with Crippen molar-refractivity contribution in [2.75, 3.05) is 5.32 Å². The molecule has 0 unspecified atom stereocenters. The molecule has 0 aliphatic carbocycles. The quantitative estimate of drug-likeness (QED) is 0.539. The largest absolute Gasteiger partial charge is 0.332 e. The number of rotatable bonds is 5. The predicted molar refractivity (Wildman–Crippen MR) is 118 cm³/mol. The lowest BCUT2D eigenvalue weighted by molar-refractivity contribution is -0.116. The molecule has 1 N–H and O–H groups in total. The highest BCUT2D eigenvalue weighted by atomic mass is 16.2. The van der Waals surface area contributed by atoms with E-state index in [2.05, 4.69) is 15.3 Å². The topological polar surface area (TPSA) is 98.9 Å². The van der Waals surface area contributed by atoms with Crippen LogP contribution in [-0.4, -0.2) is 25.0 Å². The molecule has 0 bridgehead atoms. The van der Waals surface area contributed by atoms with Gasteiger partial charge in [0.15, 0.2) is 5.52 Å². The second-order valence-corrected chi connectivity index (χ2v) is 7.36. The van der Waals surface area contributed by atoms with Gasteiger partial charge in [0.1, 0.15) is 6.54 Å². The number of nitrogens with one attached hydrogen (secondary N) is 1. The van der Waals surface area contributed by atoms with Crippen molar-refractivity contribution < 1.29 is 4.79 Å². The maximum Gasteiger partial charge on any atom is 0.332 e. The minimum Gasteiger partial charge on any atom is -0.324 e. The Kier molecular flexibility index (Phi) is 5.44. The summed E-state index contributed by atoms with van der Waals surface area (Å²) >= 11 is 0. The normalized spacial score (nSPS) is 10.9. The Bertz CT molecular complexity index is 1390. The molecule has 4 aromatic rings. The van der Waals surface area contributed by atoms with E-state index in [1.165, 1.54) is 10.8 Å². The van der Waals surface area contributed by atoms with E-state index < -0.39 is 11.2 Å². The van der Waals surface area contributed by atoms with E-state index in [-0.39, 0.29) is 24.5 Å². The van der Waals surface area contributed by atoms with Crippen LogP contribution in [0.25, 0.3) is 11.0 Å². The second kappa shape index (κ2) is 8.35. The van der Waals surface area contributed by atoms with E-state index in [1.807, 2.05) is 32.0 Å². The number of aryl methyl sites for hydroxylation is 2. The van der Waals surface area contributed by atoms with Gasteiger partial charge in [-0.15, -0.1) is 0 Å². The molecule has 3 heterocycles. The van der Waals surface area contributed by atoms with Gasteiger partial charge in [-0.05, 0) is 54.8 Å². The van der Waals surface area contributed by atoms with Gasteiger partial charge in [0.25, 0.3) is 5.56 Å². The van der Waals surface area contributed by atoms with Gasteiger partial charge in [0.2, 0.25) is 5.91 Å². The van der Waals surface area contributed by atoms with E-state index in [9.17, 15) is 14.4 Å². The molecule has 0 aliphatic rings. The number of aromatic nitrogens is 4. The second-order valence-electron chi connectivity index (χ2n) is 7.36. The molecule has 0 fully saturated rings. The number of carbonyl (C=O) groups is 1. The first-order valence-corrected chi connectivity index (χ1v) is 9.78. The number of hydrogen-bond acceptors (Lipinski definition) is 5. The molecule has 31 heavy (non-hydrogen) atoms. The predicted octanol–water partition coefficient (Wildman–Crippen LogP) is 2.26. The summed E-state index contributed by atoms with van der Waals surface area (Å²) in [6, 6.07) is 12.5. The monoisotopic (exact) mass is 415 g/mol. The summed E-state index contributed by atoms with van der Waals surface area (Å²) in [6.45, 7) is 3.63. The highest BCUT2D eigenvalue weighted by Gasteiger charge is 2.17. The molecule has 3 aromatic heterocycles. The van der Waals surface area contributed by atoms with Crippen LogP contribution >= 0.6 is 0 Å². The first kappa shape index (κ1) is 20.2. The van der Waals surface area contributed by atoms with Gasteiger partial charge >= 0.3 is 5.69 Å². The van der Waals surface area contributed by atoms with Crippen LogP contribution in [-0.2, 0) is 17.9 Å². The average Bonchev–Trinajstić information content (AvgIpc) is 2.77. The lowest BCUT2D eigenvalue weighted by Crippen LogP contribution is -2.42. The third kappa shape index (κ3) is 4.13. The summed E-state index contributed by atoms with van der Waals surface area (Å²) in [6.07, 6.45) is 4.69. The molecular weight excluding hydrogens is 394 g/mol. The lowest BCUT2D eigenvalue weighted by Gasteiger charge is -2.14. The minimum absolute atomic E-state index is 0.0383. The Morgan fingerprint density at radius 1 is 1.03 bits per heavy atom. The Morgan fingerprint density at radius 3 is 2.61 bits per heavy atom. The molecular formula is C23H21N5O3. The number of pyridine rings is 2. The first-order valence-electron chi connectivity index (χ1n) is 9.78. The number of amides is 1. The van der Waals surface area contributed by atoms with Gasteiger partial charge in [0.05, 0.1) is 12.1 Å². The molecule has 1 amide bonds. The van der Waals surface area contributed by atoms with Crippen LogP contribution in [0.2, 0.25) is 0 Å². The van der Waals surface area contributed by atoms with E-state index in [1.54, 1.807) is 36.7 Å². The van der Waals surface area contributed by atoms with Gasteiger partial charge in [-0.25, -0.2) is 9.78 Å². The fourth-order valence-electron chi connectivity index (χ4n) is 3.41. The SMILES string of the molecule is Cc1ccc(C)c(NC(=O)Cn2c(=O)n(Cc3cccnc3)c(=O)c3ncccc32)c1. The highest BCUT2D eigenvalue weighted by Crippen LogP contribution is 2.16. The van der Waals surface area contributed by atoms with Crippen molar-refractivity contribution in [2.24, 2.45) is 0 Å². The number of fused-ring (bicyclic) bond motifs is 1. The molecule has 0 radical (unpaired) electrons. The van der Waals surface area contributed by atoms with Gasteiger partial charge in [-0.3, -0.25) is 23.7 Å². The standard InChI is InChI=1S/C23H21N5O3/c1-15-7-8-16(2)18(11-15)26-20(29)14-27-19-6-4-10-25-21(19)22(30)28(23(27)31)13-17-5-3-9-24-12-17/h3-12H,13-14H2,1-2H3,(H,26,29). The summed E-state index contributed by atoms with van der Waals surface area (Å²) in [7, 11) is 0.